The first-order valence-corrected chi connectivity index (χ1v) is 9.66. The highest BCUT2D eigenvalue weighted by atomic mass is 32.1. The van der Waals surface area contributed by atoms with Crippen LogP contribution in [0.25, 0.3) is 21.5 Å². The maximum Gasteiger partial charge on any atom is 0.306 e. The second-order valence-corrected chi connectivity index (χ2v) is 7.31. The Morgan fingerprint density at radius 3 is 2.82 bits per heavy atom. The molecule has 28 heavy (non-hydrogen) atoms. The summed E-state index contributed by atoms with van der Waals surface area (Å²) in [5.74, 6) is -0.0428. The van der Waals surface area contributed by atoms with Gasteiger partial charge in [-0.1, -0.05) is 24.3 Å². The number of hydrogen-bond acceptors (Lipinski definition) is 6. The van der Waals surface area contributed by atoms with Crippen LogP contribution in [0.15, 0.2) is 59.1 Å². The fourth-order valence-corrected chi connectivity index (χ4v) is 3.74. The number of ether oxygens (including phenoxy) is 1. The van der Waals surface area contributed by atoms with E-state index in [4.69, 9.17) is 9.15 Å². The molecule has 4 rings (SSSR count). The van der Waals surface area contributed by atoms with Crippen LogP contribution in [0.1, 0.15) is 30.3 Å². The third-order valence-corrected chi connectivity index (χ3v) is 5.40. The number of aromatic nitrogens is 2. The molecule has 7 heteroatoms. The number of carbonyl (C=O) groups excluding carboxylic acids is 1. The predicted octanol–water partition coefficient (Wildman–Crippen LogP) is 5.33. The van der Waals surface area contributed by atoms with Crippen molar-refractivity contribution in [1.82, 2.24) is 9.97 Å². The van der Waals surface area contributed by atoms with E-state index in [1.165, 1.54) is 23.6 Å². The fourth-order valence-electron chi connectivity index (χ4n) is 2.79. The van der Waals surface area contributed by atoms with Gasteiger partial charge in [-0.15, -0.1) is 11.3 Å². The minimum Gasteiger partial charge on any atom is -0.455 e. The Morgan fingerprint density at radius 1 is 1.21 bits per heavy atom. The smallest absolute Gasteiger partial charge is 0.306 e. The van der Waals surface area contributed by atoms with Crippen LogP contribution in [0.4, 0.5) is 4.39 Å². The van der Waals surface area contributed by atoms with E-state index in [0.29, 0.717) is 17.2 Å². The Labute approximate surface area is 164 Å². The number of fused-ring (bicyclic) bond motifs is 1. The van der Waals surface area contributed by atoms with Gasteiger partial charge in [0.15, 0.2) is 17.8 Å². The molecule has 0 amide bonds. The summed E-state index contributed by atoms with van der Waals surface area (Å²) < 4.78 is 25.9. The molecule has 0 saturated heterocycles. The number of carbonyl (C=O) groups is 1. The first-order chi connectivity index (χ1) is 13.6. The van der Waals surface area contributed by atoms with Gasteiger partial charge in [0.05, 0.1) is 28.4 Å². The van der Waals surface area contributed by atoms with Crippen molar-refractivity contribution in [2.75, 3.05) is 0 Å². The van der Waals surface area contributed by atoms with E-state index in [1.807, 2.05) is 24.3 Å². The van der Waals surface area contributed by atoms with Crippen molar-refractivity contribution >= 4 is 27.5 Å². The van der Waals surface area contributed by atoms with E-state index in [9.17, 15) is 9.18 Å². The van der Waals surface area contributed by atoms with Gasteiger partial charge in [0.1, 0.15) is 10.8 Å². The summed E-state index contributed by atoms with van der Waals surface area (Å²) in [7, 11) is 0. The zero-order chi connectivity index (χ0) is 19.5. The van der Waals surface area contributed by atoms with Gasteiger partial charge in [-0.3, -0.25) is 4.79 Å². The molecule has 0 aliphatic carbocycles. The molecule has 0 saturated carbocycles. The second kappa shape index (κ2) is 7.90. The van der Waals surface area contributed by atoms with Gasteiger partial charge < -0.3 is 9.15 Å². The second-order valence-electron chi connectivity index (χ2n) is 6.25. The molecule has 4 aromatic rings. The zero-order valence-electron chi connectivity index (χ0n) is 15.1. The standard InChI is InChI=1S/C21H17FN2O3S/c1-13(21-24-16-8-4-5-9-18(16)28-21)26-20(25)11-10-19-23-12-17(27-19)14-6-2-3-7-15(14)22/h2-9,12-13H,10-11H2,1H3. The Kier molecular flexibility index (Phi) is 5.16. The van der Waals surface area contributed by atoms with Crippen molar-refractivity contribution in [1.29, 1.82) is 0 Å². The molecule has 0 bridgehead atoms. The number of benzene rings is 2. The highest BCUT2D eigenvalue weighted by Crippen LogP contribution is 2.28. The minimum absolute atomic E-state index is 0.118. The number of aryl methyl sites for hydroxylation is 1. The Hall–Kier alpha value is -3.06. The summed E-state index contributed by atoms with van der Waals surface area (Å²) in [5.41, 5.74) is 1.24. The third-order valence-electron chi connectivity index (χ3n) is 4.20. The van der Waals surface area contributed by atoms with Crippen LogP contribution in [0.3, 0.4) is 0 Å². The lowest BCUT2D eigenvalue weighted by molar-refractivity contribution is -0.148. The van der Waals surface area contributed by atoms with Crippen LogP contribution in [0.2, 0.25) is 0 Å². The molecule has 5 nitrogen and oxygen atoms in total. The molecule has 0 spiro atoms. The molecular formula is C21H17FN2O3S. The quantitative estimate of drug-likeness (QED) is 0.412. The number of hydrogen-bond donors (Lipinski definition) is 0. The van der Waals surface area contributed by atoms with Gasteiger partial charge >= 0.3 is 5.97 Å². The Morgan fingerprint density at radius 2 is 2.00 bits per heavy atom. The normalized spacial score (nSPS) is 12.2. The van der Waals surface area contributed by atoms with Crippen LogP contribution < -0.4 is 0 Å². The van der Waals surface area contributed by atoms with Crippen molar-refractivity contribution in [3.8, 4) is 11.3 Å². The average Bonchev–Trinajstić information content (AvgIpc) is 3.34. The van der Waals surface area contributed by atoms with Crippen LogP contribution in [0, 0.1) is 5.82 Å². The first kappa shape index (κ1) is 18.3. The lowest BCUT2D eigenvalue weighted by Crippen LogP contribution is -2.09. The van der Waals surface area contributed by atoms with E-state index in [-0.39, 0.29) is 24.6 Å². The summed E-state index contributed by atoms with van der Waals surface area (Å²) in [6, 6.07) is 14.1. The van der Waals surface area contributed by atoms with Gasteiger partial charge in [0.25, 0.3) is 0 Å². The number of oxazole rings is 1. The summed E-state index contributed by atoms with van der Waals surface area (Å²) in [4.78, 5) is 20.8. The molecule has 2 aromatic heterocycles. The zero-order valence-corrected chi connectivity index (χ0v) is 15.9. The highest BCUT2D eigenvalue weighted by Gasteiger charge is 2.17. The minimum atomic E-state index is -0.427. The lowest BCUT2D eigenvalue weighted by Gasteiger charge is -2.09. The van der Waals surface area contributed by atoms with Crippen molar-refractivity contribution in [2.24, 2.45) is 0 Å². The van der Waals surface area contributed by atoms with E-state index in [1.54, 1.807) is 25.1 Å². The first-order valence-electron chi connectivity index (χ1n) is 8.84. The van der Waals surface area contributed by atoms with E-state index in [2.05, 4.69) is 9.97 Å². The molecule has 2 aromatic carbocycles. The fraction of sp³-hybridized carbons (Fsp3) is 0.190. The number of esters is 1. The van der Waals surface area contributed by atoms with Crippen molar-refractivity contribution in [3.05, 3.63) is 71.4 Å². The number of rotatable bonds is 6. The lowest BCUT2D eigenvalue weighted by atomic mass is 10.2. The third kappa shape index (κ3) is 3.94. The summed E-state index contributed by atoms with van der Waals surface area (Å²) in [6.45, 7) is 1.80. The molecule has 1 atom stereocenters. The van der Waals surface area contributed by atoms with Crippen LogP contribution in [-0.4, -0.2) is 15.9 Å². The molecule has 1 unspecified atom stereocenters. The van der Waals surface area contributed by atoms with Crippen LogP contribution in [-0.2, 0) is 16.0 Å². The van der Waals surface area contributed by atoms with Gasteiger partial charge in [0, 0.05) is 6.42 Å². The molecule has 142 valence electrons. The van der Waals surface area contributed by atoms with Gasteiger partial charge in [-0.05, 0) is 31.2 Å². The van der Waals surface area contributed by atoms with Gasteiger partial charge in [0.2, 0.25) is 0 Å². The van der Waals surface area contributed by atoms with Crippen LogP contribution >= 0.6 is 11.3 Å². The molecule has 0 N–H and O–H groups in total. The molecule has 0 radical (unpaired) electrons. The average molecular weight is 396 g/mol. The van der Waals surface area contributed by atoms with Crippen molar-refractivity contribution in [2.45, 2.75) is 25.9 Å². The molecule has 2 heterocycles. The predicted molar refractivity (Wildman–Crippen MR) is 104 cm³/mol. The number of thiazole rings is 1. The Balaban J connectivity index is 1.35. The molecule has 0 aliphatic rings. The maximum absolute atomic E-state index is 13.8. The van der Waals surface area contributed by atoms with E-state index < -0.39 is 6.10 Å². The number of nitrogens with zero attached hydrogens (tertiary/aromatic N) is 2. The van der Waals surface area contributed by atoms with E-state index >= 15 is 0 Å². The van der Waals surface area contributed by atoms with Crippen molar-refractivity contribution < 1.29 is 18.3 Å². The summed E-state index contributed by atoms with van der Waals surface area (Å²) >= 11 is 1.51. The van der Waals surface area contributed by atoms with Gasteiger partial charge in [-0.25, -0.2) is 14.4 Å². The molecule has 0 aliphatic heterocycles. The van der Waals surface area contributed by atoms with Crippen molar-refractivity contribution in [3.63, 3.8) is 0 Å². The number of halogens is 1. The molecular weight excluding hydrogens is 379 g/mol. The topological polar surface area (TPSA) is 65.2 Å². The number of para-hydroxylation sites is 1. The SMILES string of the molecule is CC(OC(=O)CCc1ncc(-c2ccccc2F)o1)c1nc2ccccc2s1. The Bertz CT molecular complexity index is 1090. The van der Waals surface area contributed by atoms with Gasteiger partial charge in [-0.2, -0.15) is 0 Å². The highest BCUT2D eigenvalue weighted by molar-refractivity contribution is 7.18. The summed E-state index contributed by atoms with van der Waals surface area (Å²) in [6.07, 6.45) is 1.43. The summed E-state index contributed by atoms with van der Waals surface area (Å²) in [5, 5.41) is 0.757. The monoisotopic (exact) mass is 396 g/mol. The van der Waals surface area contributed by atoms with E-state index in [0.717, 1.165) is 15.2 Å². The maximum atomic E-state index is 13.8. The largest absolute Gasteiger partial charge is 0.455 e. The molecule has 0 fully saturated rings. The van der Waals surface area contributed by atoms with Crippen LogP contribution in [0.5, 0.6) is 0 Å².